The standard InChI is InChI=1S/C13H14ClFN2O3S/c1-13(2,21(3,18)19)11-10(12(16)20-17-11)9-7(14)5-4-6-8(9)15/h4-6H,16H2,1-3H3. The number of aromatic nitrogens is 1. The van der Waals surface area contributed by atoms with Crippen LogP contribution in [0.5, 0.6) is 0 Å². The molecule has 0 radical (unpaired) electrons. The van der Waals surface area contributed by atoms with Gasteiger partial charge in [0, 0.05) is 11.8 Å². The van der Waals surface area contributed by atoms with Crippen molar-refractivity contribution in [3.05, 3.63) is 34.7 Å². The van der Waals surface area contributed by atoms with Crippen LogP contribution in [0.1, 0.15) is 19.5 Å². The maximum Gasteiger partial charge on any atom is 0.230 e. The van der Waals surface area contributed by atoms with Gasteiger partial charge in [0.25, 0.3) is 0 Å². The van der Waals surface area contributed by atoms with Gasteiger partial charge in [-0.1, -0.05) is 22.8 Å². The predicted molar refractivity (Wildman–Crippen MR) is 79.2 cm³/mol. The summed E-state index contributed by atoms with van der Waals surface area (Å²) >= 11 is 6.01. The van der Waals surface area contributed by atoms with Crippen molar-refractivity contribution in [1.29, 1.82) is 0 Å². The van der Waals surface area contributed by atoms with E-state index in [-0.39, 0.29) is 27.7 Å². The highest BCUT2D eigenvalue weighted by atomic mass is 35.5. The molecule has 0 saturated carbocycles. The molecule has 1 aromatic heterocycles. The van der Waals surface area contributed by atoms with Crippen LogP contribution in [0.4, 0.5) is 10.3 Å². The third-order valence-electron chi connectivity index (χ3n) is 3.43. The van der Waals surface area contributed by atoms with Gasteiger partial charge in [-0.2, -0.15) is 0 Å². The Balaban J connectivity index is 2.82. The third kappa shape index (κ3) is 2.51. The summed E-state index contributed by atoms with van der Waals surface area (Å²) in [5, 5.41) is 3.80. The summed E-state index contributed by atoms with van der Waals surface area (Å²) in [5.74, 6) is -0.823. The molecule has 0 saturated heterocycles. The summed E-state index contributed by atoms with van der Waals surface area (Å²) in [6, 6.07) is 4.11. The average molecular weight is 333 g/mol. The number of nitrogen functional groups attached to an aromatic ring is 1. The molecule has 114 valence electrons. The summed E-state index contributed by atoms with van der Waals surface area (Å²) in [7, 11) is -3.54. The Morgan fingerprint density at radius 1 is 1.33 bits per heavy atom. The van der Waals surface area contributed by atoms with Crippen LogP contribution >= 0.6 is 11.6 Å². The minimum absolute atomic E-state index is 0.0227. The van der Waals surface area contributed by atoms with Crippen molar-refractivity contribution in [2.45, 2.75) is 18.6 Å². The van der Waals surface area contributed by atoms with E-state index in [0.717, 1.165) is 6.26 Å². The smallest absolute Gasteiger partial charge is 0.230 e. The molecule has 0 bridgehead atoms. The fourth-order valence-corrected chi connectivity index (χ4v) is 2.62. The molecular formula is C13H14ClFN2O3S. The average Bonchev–Trinajstić information content (AvgIpc) is 2.70. The summed E-state index contributed by atoms with van der Waals surface area (Å²) in [4.78, 5) is 0. The van der Waals surface area contributed by atoms with E-state index in [1.54, 1.807) is 0 Å². The monoisotopic (exact) mass is 332 g/mol. The molecule has 5 nitrogen and oxygen atoms in total. The molecule has 2 aromatic rings. The van der Waals surface area contributed by atoms with Crippen LogP contribution in [0, 0.1) is 5.82 Å². The number of halogens is 2. The van der Waals surface area contributed by atoms with Crippen LogP contribution in [0.3, 0.4) is 0 Å². The quantitative estimate of drug-likeness (QED) is 0.933. The van der Waals surface area contributed by atoms with E-state index in [0.29, 0.717) is 0 Å². The van der Waals surface area contributed by atoms with Crippen LogP contribution in [0.2, 0.25) is 5.02 Å². The highest BCUT2D eigenvalue weighted by Gasteiger charge is 2.40. The summed E-state index contributed by atoms with van der Waals surface area (Å²) in [5.41, 5.74) is 5.76. The zero-order chi connectivity index (χ0) is 16.0. The van der Waals surface area contributed by atoms with Crippen molar-refractivity contribution in [3.63, 3.8) is 0 Å². The molecule has 21 heavy (non-hydrogen) atoms. The normalized spacial score (nSPS) is 12.6. The lowest BCUT2D eigenvalue weighted by molar-refractivity contribution is 0.417. The lowest BCUT2D eigenvalue weighted by atomic mass is 9.98. The van der Waals surface area contributed by atoms with Gasteiger partial charge in [-0.15, -0.1) is 0 Å². The Hall–Kier alpha value is -1.60. The first kappa shape index (κ1) is 15.8. The van der Waals surface area contributed by atoms with Gasteiger partial charge in [0.05, 0.1) is 10.6 Å². The zero-order valence-electron chi connectivity index (χ0n) is 11.6. The van der Waals surface area contributed by atoms with Crippen molar-refractivity contribution >= 4 is 27.3 Å². The number of nitrogens with zero attached hydrogens (tertiary/aromatic N) is 1. The molecule has 0 amide bonds. The maximum absolute atomic E-state index is 14.1. The largest absolute Gasteiger partial charge is 0.367 e. The van der Waals surface area contributed by atoms with Crippen molar-refractivity contribution in [1.82, 2.24) is 5.16 Å². The van der Waals surface area contributed by atoms with E-state index < -0.39 is 20.4 Å². The minimum atomic E-state index is -3.54. The Bertz CT molecular complexity index is 779. The van der Waals surface area contributed by atoms with Crippen LogP contribution < -0.4 is 5.73 Å². The minimum Gasteiger partial charge on any atom is -0.367 e. The highest BCUT2D eigenvalue weighted by Crippen LogP contribution is 2.42. The lowest BCUT2D eigenvalue weighted by Crippen LogP contribution is -2.29. The first-order valence-electron chi connectivity index (χ1n) is 5.97. The zero-order valence-corrected chi connectivity index (χ0v) is 13.2. The number of anilines is 1. The SMILES string of the molecule is CC(C)(c1noc(N)c1-c1c(F)cccc1Cl)S(C)(=O)=O. The number of hydrogen-bond acceptors (Lipinski definition) is 5. The van der Waals surface area contributed by atoms with Gasteiger partial charge in [-0.05, 0) is 26.0 Å². The summed E-state index contributed by atoms with van der Waals surface area (Å²) in [6.07, 6.45) is 1.06. The van der Waals surface area contributed by atoms with Gasteiger partial charge >= 0.3 is 0 Å². The Morgan fingerprint density at radius 2 is 1.95 bits per heavy atom. The van der Waals surface area contributed by atoms with E-state index in [9.17, 15) is 12.8 Å². The first-order chi connectivity index (χ1) is 9.57. The van der Waals surface area contributed by atoms with Gasteiger partial charge in [0.15, 0.2) is 9.84 Å². The van der Waals surface area contributed by atoms with Crippen molar-refractivity contribution < 1.29 is 17.3 Å². The van der Waals surface area contributed by atoms with Crippen molar-refractivity contribution in [2.24, 2.45) is 0 Å². The molecule has 0 aliphatic carbocycles. The highest BCUT2D eigenvalue weighted by molar-refractivity contribution is 7.91. The topological polar surface area (TPSA) is 86.2 Å². The Labute approximate surface area is 126 Å². The first-order valence-corrected chi connectivity index (χ1v) is 8.24. The number of rotatable bonds is 3. The number of benzene rings is 1. The van der Waals surface area contributed by atoms with E-state index in [2.05, 4.69) is 5.16 Å². The molecule has 2 N–H and O–H groups in total. The van der Waals surface area contributed by atoms with E-state index in [1.807, 2.05) is 0 Å². The van der Waals surface area contributed by atoms with Crippen LogP contribution in [-0.4, -0.2) is 19.8 Å². The van der Waals surface area contributed by atoms with E-state index in [4.69, 9.17) is 21.9 Å². The summed E-state index contributed by atoms with van der Waals surface area (Å²) in [6.45, 7) is 2.88. The molecule has 1 aromatic carbocycles. The molecule has 8 heteroatoms. The van der Waals surface area contributed by atoms with Gasteiger partial charge in [-0.25, -0.2) is 12.8 Å². The van der Waals surface area contributed by atoms with Crippen LogP contribution in [0.15, 0.2) is 22.7 Å². The van der Waals surface area contributed by atoms with Crippen LogP contribution in [-0.2, 0) is 14.6 Å². The molecule has 0 unspecified atom stereocenters. The third-order valence-corrected chi connectivity index (χ3v) is 5.79. The lowest BCUT2D eigenvalue weighted by Gasteiger charge is -2.21. The summed E-state index contributed by atoms with van der Waals surface area (Å²) < 4.78 is 41.5. The van der Waals surface area contributed by atoms with E-state index in [1.165, 1.54) is 32.0 Å². The van der Waals surface area contributed by atoms with Gasteiger partial charge < -0.3 is 10.3 Å². The fraction of sp³-hybridized carbons (Fsp3) is 0.308. The van der Waals surface area contributed by atoms with Gasteiger partial charge in [0.1, 0.15) is 16.3 Å². The molecule has 0 atom stereocenters. The van der Waals surface area contributed by atoms with Gasteiger partial charge in [0.2, 0.25) is 5.88 Å². The second kappa shape index (κ2) is 4.99. The molecule has 0 aliphatic rings. The molecular weight excluding hydrogens is 319 g/mol. The molecule has 1 heterocycles. The Morgan fingerprint density at radius 3 is 2.48 bits per heavy atom. The molecule has 0 spiro atoms. The van der Waals surface area contributed by atoms with Crippen molar-refractivity contribution in [3.8, 4) is 11.1 Å². The van der Waals surface area contributed by atoms with E-state index >= 15 is 0 Å². The molecule has 2 rings (SSSR count). The molecule has 0 fully saturated rings. The van der Waals surface area contributed by atoms with Gasteiger partial charge in [-0.3, -0.25) is 0 Å². The van der Waals surface area contributed by atoms with Crippen molar-refractivity contribution in [2.75, 3.05) is 12.0 Å². The number of nitrogens with two attached hydrogens (primary N) is 1. The molecule has 0 aliphatic heterocycles. The predicted octanol–water partition coefficient (Wildman–Crippen LogP) is 3.00. The Kier molecular flexibility index (Phi) is 3.75. The second-order valence-electron chi connectivity index (χ2n) is 5.15. The second-order valence-corrected chi connectivity index (χ2v) is 8.12. The number of hydrogen-bond donors (Lipinski definition) is 1. The fourth-order valence-electron chi connectivity index (χ4n) is 1.87. The number of sulfone groups is 1. The van der Waals surface area contributed by atoms with Crippen LogP contribution in [0.25, 0.3) is 11.1 Å². The maximum atomic E-state index is 14.1.